The van der Waals surface area contributed by atoms with Crippen molar-refractivity contribution in [3.8, 4) is 0 Å². The Bertz CT molecular complexity index is 1860. The van der Waals surface area contributed by atoms with Gasteiger partial charge in [-0.05, 0) is 98.9 Å². The summed E-state index contributed by atoms with van der Waals surface area (Å²) in [6.45, 7) is 0.780. The largest absolute Gasteiger partial charge is 0.416 e. The summed E-state index contributed by atoms with van der Waals surface area (Å²) in [5.41, 5.74) is -0.359. The Labute approximate surface area is 345 Å². The van der Waals surface area contributed by atoms with Crippen molar-refractivity contribution in [2.75, 3.05) is 26.2 Å². The first-order chi connectivity index (χ1) is 28.6. The topological polar surface area (TPSA) is 122 Å². The fraction of sp³-hybridized carbons (Fsp3) is 0.400. The van der Waals surface area contributed by atoms with E-state index < -0.39 is 59.6 Å². The first-order valence-corrected chi connectivity index (χ1v) is 20.1. The fourth-order valence-electron chi connectivity index (χ4n) is 7.42. The number of carbonyl (C=O) groups excluding carboxylic acids is 3. The molecule has 0 spiro atoms. The molecule has 4 atom stereocenters. The quantitative estimate of drug-likeness (QED) is 0.0600. The maximum Gasteiger partial charge on any atom is 0.416 e. The maximum atomic E-state index is 14.7. The molecule has 60 heavy (non-hydrogen) atoms. The number of halogens is 6. The van der Waals surface area contributed by atoms with E-state index in [2.05, 4.69) is 10.6 Å². The van der Waals surface area contributed by atoms with E-state index >= 15 is 0 Å². The average Bonchev–Trinajstić information content (AvgIpc) is 3.29. The predicted molar refractivity (Wildman–Crippen MR) is 214 cm³/mol. The van der Waals surface area contributed by atoms with Gasteiger partial charge in [0, 0.05) is 37.3 Å². The van der Waals surface area contributed by atoms with Gasteiger partial charge in [0.1, 0.15) is 12.2 Å². The van der Waals surface area contributed by atoms with Crippen molar-refractivity contribution in [2.24, 2.45) is 0 Å². The lowest BCUT2D eigenvalue weighted by atomic mass is 9.91. The Morgan fingerprint density at radius 1 is 0.533 bits per heavy atom. The molecular formula is C45H50F6N4O5. The molecule has 4 aromatic carbocycles. The molecule has 1 saturated heterocycles. The van der Waals surface area contributed by atoms with Crippen LogP contribution in [0.25, 0.3) is 0 Å². The highest BCUT2D eigenvalue weighted by Crippen LogP contribution is 2.31. The van der Waals surface area contributed by atoms with Gasteiger partial charge in [-0.15, -0.1) is 0 Å². The summed E-state index contributed by atoms with van der Waals surface area (Å²) in [6.07, 6.45) is -8.39. The zero-order chi connectivity index (χ0) is 43.3. The molecular weight excluding hydrogens is 791 g/mol. The molecule has 4 N–H and O–H groups in total. The zero-order valence-electron chi connectivity index (χ0n) is 33.0. The number of hydrogen-bond acceptors (Lipinski definition) is 5. The number of unbranched alkanes of at least 4 members (excludes halogenated alkanes) is 4. The second-order valence-corrected chi connectivity index (χ2v) is 15.0. The molecule has 5 rings (SSSR count). The lowest BCUT2D eigenvalue weighted by Gasteiger charge is -2.36. The zero-order valence-corrected chi connectivity index (χ0v) is 33.0. The van der Waals surface area contributed by atoms with Gasteiger partial charge in [-0.25, -0.2) is 4.79 Å². The van der Waals surface area contributed by atoms with Crippen molar-refractivity contribution in [3.63, 3.8) is 0 Å². The molecule has 4 amide bonds. The number of urea groups is 1. The van der Waals surface area contributed by atoms with E-state index in [9.17, 15) is 50.9 Å². The summed E-state index contributed by atoms with van der Waals surface area (Å²) in [5.74, 6) is -1.27. The number of nitrogens with one attached hydrogen (secondary N) is 2. The van der Waals surface area contributed by atoms with Gasteiger partial charge in [0.25, 0.3) is 11.8 Å². The van der Waals surface area contributed by atoms with Crippen LogP contribution in [0, 0.1) is 0 Å². The number of benzene rings is 4. The van der Waals surface area contributed by atoms with Crippen molar-refractivity contribution < 1.29 is 50.9 Å². The summed E-state index contributed by atoms with van der Waals surface area (Å²) >= 11 is 0. The molecule has 0 aromatic heterocycles. The predicted octanol–water partition coefficient (Wildman–Crippen LogP) is 7.91. The van der Waals surface area contributed by atoms with E-state index in [1.807, 2.05) is 60.7 Å². The normalized spacial score (nSPS) is 18.6. The Hall–Kier alpha value is -5.41. The SMILES string of the molecule is O=C(NCCCCCN1C(=O)N(CCCCCNC(=O)c2cccc(C(F)(F)F)c2)[C@H](Cc2ccccc2)[C@H](O)[C@@H](O)[C@H]1Cc1ccccc1)c1cccc(C(F)(F)F)c1. The molecule has 1 aliphatic rings. The highest BCUT2D eigenvalue weighted by molar-refractivity contribution is 5.94. The molecule has 15 heteroatoms. The monoisotopic (exact) mass is 840 g/mol. The van der Waals surface area contributed by atoms with Gasteiger partial charge in [-0.2, -0.15) is 26.3 Å². The van der Waals surface area contributed by atoms with Gasteiger partial charge in [0.2, 0.25) is 0 Å². The van der Waals surface area contributed by atoms with E-state index in [4.69, 9.17) is 0 Å². The van der Waals surface area contributed by atoms with E-state index in [1.54, 1.807) is 9.80 Å². The minimum Gasteiger partial charge on any atom is -0.388 e. The standard InChI is InChI=1S/C45H50F6N4O5/c46-44(47,48)35-21-13-19-33(29-35)41(58)52-23-9-3-11-25-54-37(27-31-15-5-1-6-16-31)39(56)40(57)38(28-32-17-7-2-8-18-32)55(43(54)60)26-12-4-10-24-53-42(59)34-20-14-22-36(30-34)45(49,50)51/h1-2,5-8,13-22,29-30,37-40,56-57H,3-4,9-12,23-28H2,(H,52,58)(H,53,59)/t37-,38-,39+,40+/m1/s1. The molecule has 1 fully saturated rings. The fourth-order valence-corrected chi connectivity index (χ4v) is 7.42. The lowest BCUT2D eigenvalue weighted by molar-refractivity contribution is -0.138. The molecule has 322 valence electrons. The Morgan fingerprint density at radius 3 is 1.28 bits per heavy atom. The highest BCUT2D eigenvalue weighted by Gasteiger charge is 2.46. The minimum atomic E-state index is -4.58. The van der Waals surface area contributed by atoms with Crippen LogP contribution in [0.3, 0.4) is 0 Å². The molecule has 0 bridgehead atoms. The summed E-state index contributed by atoms with van der Waals surface area (Å²) in [5, 5.41) is 29.0. The number of carbonyl (C=O) groups is 3. The van der Waals surface area contributed by atoms with Crippen LogP contribution in [0.4, 0.5) is 31.1 Å². The van der Waals surface area contributed by atoms with Crippen molar-refractivity contribution in [2.45, 2.75) is 88.0 Å². The summed E-state index contributed by atoms with van der Waals surface area (Å²) in [7, 11) is 0. The maximum absolute atomic E-state index is 14.7. The van der Waals surface area contributed by atoms with Crippen LogP contribution >= 0.6 is 0 Å². The van der Waals surface area contributed by atoms with Crippen LogP contribution in [-0.2, 0) is 25.2 Å². The minimum absolute atomic E-state index is 0.110. The van der Waals surface area contributed by atoms with E-state index in [1.165, 1.54) is 24.3 Å². The van der Waals surface area contributed by atoms with Gasteiger partial charge < -0.3 is 30.6 Å². The molecule has 1 aliphatic heterocycles. The number of hydrogen-bond donors (Lipinski definition) is 4. The van der Waals surface area contributed by atoms with Crippen LogP contribution in [-0.4, -0.2) is 88.3 Å². The summed E-state index contributed by atoms with van der Waals surface area (Å²) < 4.78 is 78.9. The first kappa shape index (κ1) is 45.7. The van der Waals surface area contributed by atoms with Crippen molar-refractivity contribution >= 4 is 17.8 Å². The van der Waals surface area contributed by atoms with E-state index in [-0.39, 0.29) is 56.2 Å². The van der Waals surface area contributed by atoms with Gasteiger partial charge in [0.05, 0.1) is 23.2 Å². The number of aliphatic hydroxyl groups excluding tert-OH is 2. The van der Waals surface area contributed by atoms with Crippen LogP contribution in [0.1, 0.15) is 81.5 Å². The second kappa shape index (κ2) is 21.2. The van der Waals surface area contributed by atoms with Crippen molar-refractivity contribution in [1.29, 1.82) is 0 Å². The van der Waals surface area contributed by atoms with Gasteiger partial charge in [-0.1, -0.05) is 72.8 Å². The Kier molecular flexibility index (Phi) is 16.1. The number of alkyl halides is 6. The van der Waals surface area contributed by atoms with Crippen LogP contribution in [0.15, 0.2) is 109 Å². The Morgan fingerprint density at radius 2 is 0.917 bits per heavy atom. The average molecular weight is 841 g/mol. The van der Waals surface area contributed by atoms with Gasteiger partial charge in [0.15, 0.2) is 0 Å². The summed E-state index contributed by atoms with van der Waals surface area (Å²) in [4.78, 5) is 43.1. The third kappa shape index (κ3) is 12.8. The third-order valence-electron chi connectivity index (χ3n) is 10.6. The molecule has 0 saturated carbocycles. The highest BCUT2D eigenvalue weighted by atomic mass is 19.4. The molecule has 1 heterocycles. The van der Waals surface area contributed by atoms with E-state index in [0.717, 1.165) is 35.4 Å². The first-order valence-electron chi connectivity index (χ1n) is 20.1. The number of amides is 4. The van der Waals surface area contributed by atoms with E-state index in [0.29, 0.717) is 38.5 Å². The summed E-state index contributed by atoms with van der Waals surface area (Å²) in [6, 6.07) is 25.0. The molecule has 0 unspecified atom stereocenters. The third-order valence-corrected chi connectivity index (χ3v) is 10.6. The van der Waals surface area contributed by atoms with Crippen molar-refractivity contribution in [1.82, 2.24) is 20.4 Å². The number of nitrogens with zero attached hydrogens (tertiary/aromatic N) is 2. The number of rotatable bonds is 18. The van der Waals surface area contributed by atoms with Crippen LogP contribution in [0.5, 0.6) is 0 Å². The molecule has 0 aliphatic carbocycles. The smallest absolute Gasteiger partial charge is 0.388 e. The number of aliphatic hydroxyl groups is 2. The van der Waals surface area contributed by atoms with Crippen LogP contribution < -0.4 is 10.6 Å². The molecule has 4 aromatic rings. The lowest BCUT2D eigenvalue weighted by Crippen LogP contribution is -2.51. The van der Waals surface area contributed by atoms with Crippen LogP contribution in [0.2, 0.25) is 0 Å². The van der Waals surface area contributed by atoms with Crippen molar-refractivity contribution in [3.05, 3.63) is 143 Å². The molecule has 0 radical (unpaired) electrons. The Balaban J connectivity index is 1.25. The molecule has 9 nitrogen and oxygen atoms in total. The van der Waals surface area contributed by atoms with Gasteiger partial charge >= 0.3 is 18.4 Å². The second-order valence-electron chi connectivity index (χ2n) is 15.0. The van der Waals surface area contributed by atoms with Gasteiger partial charge in [-0.3, -0.25) is 9.59 Å².